The van der Waals surface area contributed by atoms with Crippen molar-refractivity contribution in [3.05, 3.63) is 29.3 Å². The zero-order chi connectivity index (χ0) is 20.3. The molecule has 0 heterocycles. The van der Waals surface area contributed by atoms with Gasteiger partial charge in [-0.2, -0.15) is 0 Å². The van der Waals surface area contributed by atoms with Crippen molar-refractivity contribution in [1.29, 1.82) is 0 Å². The highest BCUT2D eigenvalue weighted by Crippen LogP contribution is 2.16. The van der Waals surface area contributed by atoms with E-state index in [1.165, 1.54) is 19.1 Å². The van der Waals surface area contributed by atoms with Crippen LogP contribution in [0, 0.1) is 5.92 Å². The Hall–Kier alpha value is -2.70. The van der Waals surface area contributed by atoms with Crippen molar-refractivity contribution in [1.82, 2.24) is 5.32 Å². The maximum Gasteiger partial charge on any atom is 0.322 e. The summed E-state index contributed by atoms with van der Waals surface area (Å²) in [6.07, 6.45) is 0.336. The number of rotatable bonds is 9. The number of carbonyl (C=O) groups is 4. The highest BCUT2D eigenvalue weighted by Gasteiger charge is 2.12. The van der Waals surface area contributed by atoms with Gasteiger partial charge in [-0.3, -0.25) is 19.2 Å². The fraction of sp³-hybridized carbons (Fsp3) is 0.474. The van der Waals surface area contributed by atoms with Crippen molar-refractivity contribution in [2.45, 2.75) is 41.0 Å². The summed E-state index contributed by atoms with van der Waals surface area (Å²) in [6, 6.07) is 4.52. The van der Waals surface area contributed by atoms with Crippen LogP contribution >= 0.6 is 0 Å². The molecule has 7 nitrogen and oxygen atoms in total. The Kier molecular flexibility index (Phi) is 10.6. The lowest BCUT2D eigenvalue weighted by Crippen LogP contribution is -2.29. The number of ketones is 2. The molecule has 0 unspecified atom stereocenters. The molecule has 144 valence electrons. The van der Waals surface area contributed by atoms with Gasteiger partial charge in [-0.15, -0.1) is 0 Å². The minimum Gasteiger partial charge on any atom is -0.480 e. The molecule has 1 amide bonds. The van der Waals surface area contributed by atoms with E-state index in [1.54, 1.807) is 6.07 Å². The third-order valence-corrected chi connectivity index (χ3v) is 3.35. The number of Topliss-reactive ketones (excluding diaryl/α,β-unsaturated/α-hetero) is 2. The first kappa shape index (κ1) is 23.3. The minimum absolute atomic E-state index is 0.0484. The lowest BCUT2D eigenvalue weighted by atomic mass is 10.0. The molecule has 0 saturated heterocycles. The molecule has 3 N–H and O–H groups in total. The SMILES string of the molecule is CC.CC(=O)c1cc(NCCC(=O)C(C)C)cc(C(=O)NCC(=O)O)c1. The highest BCUT2D eigenvalue weighted by atomic mass is 16.4. The Morgan fingerprint density at radius 2 is 1.62 bits per heavy atom. The zero-order valence-corrected chi connectivity index (χ0v) is 16.0. The number of anilines is 1. The molecule has 0 bridgehead atoms. The van der Waals surface area contributed by atoms with Gasteiger partial charge in [0.15, 0.2) is 5.78 Å². The Morgan fingerprint density at radius 3 is 2.12 bits per heavy atom. The van der Waals surface area contributed by atoms with Gasteiger partial charge in [0.05, 0.1) is 0 Å². The van der Waals surface area contributed by atoms with Gasteiger partial charge in [-0.1, -0.05) is 27.7 Å². The van der Waals surface area contributed by atoms with Crippen LogP contribution in [0.1, 0.15) is 61.8 Å². The van der Waals surface area contributed by atoms with Crippen LogP contribution < -0.4 is 10.6 Å². The Labute approximate surface area is 154 Å². The third-order valence-electron chi connectivity index (χ3n) is 3.35. The maximum absolute atomic E-state index is 12.0. The van der Waals surface area contributed by atoms with E-state index < -0.39 is 18.4 Å². The van der Waals surface area contributed by atoms with Gasteiger partial charge >= 0.3 is 5.97 Å². The van der Waals surface area contributed by atoms with Gasteiger partial charge in [-0.25, -0.2) is 0 Å². The van der Waals surface area contributed by atoms with Gasteiger partial charge in [0.2, 0.25) is 0 Å². The van der Waals surface area contributed by atoms with Crippen LogP contribution in [0.5, 0.6) is 0 Å². The number of hydrogen-bond donors (Lipinski definition) is 3. The summed E-state index contributed by atoms with van der Waals surface area (Å²) in [5, 5.41) is 13.9. The van der Waals surface area contributed by atoms with E-state index in [2.05, 4.69) is 10.6 Å². The molecule has 0 aliphatic heterocycles. The second-order valence-electron chi connectivity index (χ2n) is 5.73. The molecule has 0 spiro atoms. The van der Waals surface area contributed by atoms with Crippen molar-refractivity contribution in [2.75, 3.05) is 18.4 Å². The van der Waals surface area contributed by atoms with E-state index >= 15 is 0 Å². The average Bonchev–Trinajstić information content (AvgIpc) is 2.60. The average molecular weight is 364 g/mol. The van der Waals surface area contributed by atoms with Crippen molar-refractivity contribution in [2.24, 2.45) is 5.92 Å². The first-order valence-electron chi connectivity index (χ1n) is 8.63. The summed E-state index contributed by atoms with van der Waals surface area (Å²) in [5.41, 5.74) is 1.04. The standard InChI is InChI=1S/C17H22N2O5.C2H6/c1-10(2)15(21)4-5-18-14-7-12(11(3)20)6-13(8-14)17(24)19-9-16(22)23;1-2/h6-8,10,18H,4-5,9H2,1-3H3,(H,19,24)(H,22,23);1-2H3. The monoisotopic (exact) mass is 364 g/mol. The van der Waals surface area contributed by atoms with Gasteiger partial charge in [-0.05, 0) is 25.1 Å². The normalized spacial score (nSPS) is 9.77. The van der Waals surface area contributed by atoms with Crippen LogP contribution in [0.15, 0.2) is 18.2 Å². The van der Waals surface area contributed by atoms with Crippen molar-refractivity contribution in [3.8, 4) is 0 Å². The largest absolute Gasteiger partial charge is 0.480 e. The summed E-state index contributed by atoms with van der Waals surface area (Å²) < 4.78 is 0. The molecule has 1 aromatic carbocycles. The zero-order valence-electron chi connectivity index (χ0n) is 16.0. The van der Waals surface area contributed by atoms with Crippen LogP contribution in [0.2, 0.25) is 0 Å². The third kappa shape index (κ3) is 8.41. The number of carboxylic acids is 1. The summed E-state index contributed by atoms with van der Waals surface area (Å²) in [4.78, 5) is 45.7. The minimum atomic E-state index is -1.16. The van der Waals surface area contributed by atoms with Gasteiger partial charge < -0.3 is 15.7 Å². The fourth-order valence-electron chi connectivity index (χ4n) is 1.94. The fourth-order valence-corrected chi connectivity index (χ4v) is 1.94. The van der Waals surface area contributed by atoms with Gasteiger partial charge in [0, 0.05) is 35.7 Å². The molecule has 0 aliphatic carbocycles. The topological polar surface area (TPSA) is 113 Å². The molecule has 0 aliphatic rings. The molecule has 7 heteroatoms. The number of carboxylic acid groups (broad SMARTS) is 1. The van der Waals surface area contributed by atoms with Gasteiger partial charge in [0.25, 0.3) is 5.91 Å². The van der Waals surface area contributed by atoms with Crippen molar-refractivity contribution in [3.63, 3.8) is 0 Å². The van der Waals surface area contributed by atoms with E-state index in [-0.39, 0.29) is 23.0 Å². The molecular weight excluding hydrogens is 336 g/mol. The molecule has 0 saturated carbocycles. The number of amides is 1. The molecule has 0 atom stereocenters. The molecule has 0 aromatic heterocycles. The summed E-state index contributed by atoms with van der Waals surface area (Å²) >= 11 is 0. The molecule has 1 aromatic rings. The summed E-state index contributed by atoms with van der Waals surface area (Å²) in [6.45, 7) is 8.90. The van der Waals surface area contributed by atoms with Crippen molar-refractivity contribution >= 4 is 29.1 Å². The summed E-state index contributed by atoms with van der Waals surface area (Å²) in [5.74, 6) is -1.89. The molecule has 0 fully saturated rings. The molecular formula is C19H28N2O5. The Bertz CT molecular complexity index is 653. The van der Waals surface area contributed by atoms with E-state index in [0.717, 1.165) is 0 Å². The number of aliphatic carboxylic acids is 1. The lowest BCUT2D eigenvalue weighted by Gasteiger charge is -2.11. The number of hydrogen-bond acceptors (Lipinski definition) is 5. The van der Waals surface area contributed by atoms with Gasteiger partial charge in [0.1, 0.15) is 12.3 Å². The number of benzene rings is 1. The van der Waals surface area contributed by atoms with Crippen LogP contribution in [0.3, 0.4) is 0 Å². The van der Waals surface area contributed by atoms with Crippen LogP contribution in [-0.2, 0) is 9.59 Å². The number of nitrogens with one attached hydrogen (secondary N) is 2. The second kappa shape index (κ2) is 11.8. The second-order valence-corrected chi connectivity index (χ2v) is 5.73. The Balaban J connectivity index is 0.00000301. The van der Waals surface area contributed by atoms with E-state index in [9.17, 15) is 19.2 Å². The van der Waals surface area contributed by atoms with Crippen LogP contribution in [0.25, 0.3) is 0 Å². The smallest absolute Gasteiger partial charge is 0.322 e. The molecule has 0 radical (unpaired) electrons. The quantitative estimate of drug-likeness (QED) is 0.581. The lowest BCUT2D eigenvalue weighted by molar-refractivity contribution is -0.135. The Morgan fingerprint density at radius 1 is 1.04 bits per heavy atom. The predicted molar refractivity (Wildman–Crippen MR) is 101 cm³/mol. The van der Waals surface area contributed by atoms with E-state index in [4.69, 9.17) is 5.11 Å². The predicted octanol–water partition coefficient (Wildman–Crippen LogP) is 2.76. The van der Waals surface area contributed by atoms with Crippen LogP contribution in [-0.4, -0.2) is 41.6 Å². The number of carbonyl (C=O) groups excluding carboxylic acids is 3. The molecule has 1 rings (SSSR count). The maximum atomic E-state index is 12.0. The van der Waals surface area contributed by atoms with E-state index in [0.29, 0.717) is 24.2 Å². The summed E-state index contributed by atoms with van der Waals surface area (Å²) in [7, 11) is 0. The first-order valence-corrected chi connectivity index (χ1v) is 8.63. The van der Waals surface area contributed by atoms with Crippen molar-refractivity contribution < 1.29 is 24.3 Å². The van der Waals surface area contributed by atoms with E-state index in [1.807, 2.05) is 27.7 Å². The van der Waals surface area contributed by atoms with Crippen LogP contribution in [0.4, 0.5) is 5.69 Å². The highest BCUT2D eigenvalue weighted by molar-refractivity contribution is 6.01. The first-order chi connectivity index (χ1) is 12.2. The molecule has 26 heavy (non-hydrogen) atoms.